The summed E-state index contributed by atoms with van der Waals surface area (Å²) in [6, 6.07) is 0. The Bertz CT molecular complexity index is 591. The fourth-order valence-electron chi connectivity index (χ4n) is 3.33. The molecule has 5 heteroatoms. The van der Waals surface area contributed by atoms with Gasteiger partial charge in [-0.05, 0) is 31.1 Å². The highest BCUT2D eigenvalue weighted by Crippen LogP contribution is 2.41. The van der Waals surface area contributed by atoms with Gasteiger partial charge in [-0.3, -0.25) is 9.59 Å². The summed E-state index contributed by atoms with van der Waals surface area (Å²) in [7, 11) is 0. The number of aliphatic hydroxyl groups is 2. The van der Waals surface area contributed by atoms with Crippen molar-refractivity contribution in [2.75, 3.05) is 0 Å². The van der Waals surface area contributed by atoms with Crippen LogP contribution in [-0.2, 0) is 9.59 Å². The van der Waals surface area contributed by atoms with E-state index in [9.17, 15) is 19.8 Å². The van der Waals surface area contributed by atoms with Crippen LogP contribution in [0.25, 0.3) is 0 Å². The molecule has 0 aromatic heterocycles. The number of nitrogens with one attached hydrogen (secondary N) is 1. The number of hydrogen-bond donors (Lipinski definition) is 3. The van der Waals surface area contributed by atoms with Gasteiger partial charge in [0.2, 0.25) is 0 Å². The normalized spacial score (nSPS) is 26.7. The van der Waals surface area contributed by atoms with Crippen molar-refractivity contribution in [3.05, 3.63) is 11.3 Å². The molecule has 0 aliphatic heterocycles. The van der Waals surface area contributed by atoms with Gasteiger partial charge in [-0.25, -0.2) is 0 Å². The largest absolute Gasteiger partial charge is 0.511 e. The van der Waals surface area contributed by atoms with E-state index in [4.69, 9.17) is 5.41 Å². The first-order valence-electron chi connectivity index (χ1n) is 9.80. The molecule has 0 heterocycles. The van der Waals surface area contributed by atoms with E-state index in [-0.39, 0.29) is 29.6 Å². The highest BCUT2D eigenvalue weighted by atomic mass is 16.3. The molecule has 3 atom stereocenters. The van der Waals surface area contributed by atoms with Crippen LogP contribution in [0.5, 0.6) is 0 Å². The third-order valence-electron chi connectivity index (χ3n) is 5.44. The first-order chi connectivity index (χ1) is 12.0. The average Bonchev–Trinajstić information content (AvgIpc) is 2.76. The molecular formula is C21H35NO4. The maximum absolute atomic E-state index is 13.0. The van der Waals surface area contributed by atoms with E-state index in [1.54, 1.807) is 6.92 Å². The third kappa shape index (κ3) is 4.43. The number of ketones is 2. The highest BCUT2D eigenvalue weighted by molar-refractivity contribution is 6.38. The van der Waals surface area contributed by atoms with Crippen LogP contribution < -0.4 is 0 Å². The van der Waals surface area contributed by atoms with Crippen LogP contribution in [0.15, 0.2) is 11.3 Å². The van der Waals surface area contributed by atoms with Gasteiger partial charge in [-0.15, -0.1) is 0 Å². The van der Waals surface area contributed by atoms with E-state index >= 15 is 0 Å². The quantitative estimate of drug-likeness (QED) is 0.420. The lowest BCUT2D eigenvalue weighted by atomic mass is 9.79. The first-order valence-corrected chi connectivity index (χ1v) is 9.80. The Kier molecular flexibility index (Phi) is 7.75. The van der Waals surface area contributed by atoms with Crippen molar-refractivity contribution in [3.63, 3.8) is 0 Å². The van der Waals surface area contributed by atoms with Gasteiger partial charge >= 0.3 is 0 Å². The molecule has 0 radical (unpaired) electrons. The molecule has 3 N–H and O–H groups in total. The summed E-state index contributed by atoms with van der Waals surface area (Å²) in [5, 5.41) is 30.1. The van der Waals surface area contributed by atoms with Gasteiger partial charge in [-0.1, -0.05) is 48.0 Å². The fraction of sp³-hybridized carbons (Fsp3) is 0.762. The monoisotopic (exact) mass is 365 g/mol. The Hall–Kier alpha value is -1.49. The minimum absolute atomic E-state index is 0.124. The van der Waals surface area contributed by atoms with Crippen molar-refractivity contribution in [1.82, 2.24) is 0 Å². The maximum Gasteiger partial charge on any atom is 0.175 e. The van der Waals surface area contributed by atoms with Crippen molar-refractivity contribution in [1.29, 1.82) is 5.41 Å². The molecule has 0 aromatic carbocycles. The van der Waals surface area contributed by atoms with Crippen LogP contribution in [0.4, 0.5) is 0 Å². The van der Waals surface area contributed by atoms with Crippen molar-refractivity contribution in [2.24, 2.45) is 23.7 Å². The maximum atomic E-state index is 13.0. The SMILES string of the molecule is CCC(C)C(O)=C1C(=N)[C@](O)(C(=O)CCC(C)C)[C@H](CCC(C)C)C1=O. The molecule has 5 nitrogen and oxygen atoms in total. The molecule has 26 heavy (non-hydrogen) atoms. The van der Waals surface area contributed by atoms with E-state index in [2.05, 4.69) is 0 Å². The number of hydrogen-bond acceptors (Lipinski definition) is 5. The molecule has 0 saturated heterocycles. The van der Waals surface area contributed by atoms with Crippen molar-refractivity contribution >= 4 is 17.3 Å². The second-order valence-electron chi connectivity index (χ2n) is 8.45. The number of allylic oxidation sites excluding steroid dienone is 1. The lowest BCUT2D eigenvalue weighted by Gasteiger charge is -2.28. The third-order valence-corrected chi connectivity index (χ3v) is 5.44. The molecule has 1 aliphatic rings. The van der Waals surface area contributed by atoms with Crippen LogP contribution in [0.2, 0.25) is 0 Å². The predicted molar refractivity (Wildman–Crippen MR) is 103 cm³/mol. The van der Waals surface area contributed by atoms with Crippen LogP contribution in [0.3, 0.4) is 0 Å². The molecule has 0 aromatic rings. The summed E-state index contributed by atoms with van der Waals surface area (Å²) in [5.41, 5.74) is -2.67. The smallest absolute Gasteiger partial charge is 0.175 e. The Morgan fingerprint density at radius 2 is 1.69 bits per heavy atom. The molecular weight excluding hydrogens is 330 g/mol. The standard InChI is InChI=1S/C21H35NO4/c1-7-14(6)18(24)17-19(25)15(10-8-12(2)3)21(26,20(17)22)16(23)11-9-13(4)5/h12-15,22,24,26H,7-11H2,1-6H3/t14?,15-,21-/m1/s1. The van der Waals surface area contributed by atoms with E-state index in [1.165, 1.54) is 0 Å². The molecule has 1 fully saturated rings. The topological polar surface area (TPSA) is 98.4 Å². The molecule has 0 bridgehead atoms. The predicted octanol–water partition coefficient (Wildman–Crippen LogP) is 4.24. The van der Waals surface area contributed by atoms with Gasteiger partial charge in [0.25, 0.3) is 0 Å². The van der Waals surface area contributed by atoms with Crippen LogP contribution in [-0.4, -0.2) is 33.1 Å². The number of aliphatic hydroxyl groups excluding tert-OH is 1. The van der Waals surface area contributed by atoms with Gasteiger partial charge < -0.3 is 15.6 Å². The van der Waals surface area contributed by atoms with Crippen molar-refractivity contribution in [2.45, 2.75) is 79.2 Å². The lowest BCUT2D eigenvalue weighted by molar-refractivity contribution is -0.139. The van der Waals surface area contributed by atoms with Gasteiger partial charge in [0, 0.05) is 12.3 Å². The van der Waals surface area contributed by atoms with E-state index < -0.39 is 28.8 Å². The van der Waals surface area contributed by atoms with Crippen LogP contribution in [0, 0.1) is 29.1 Å². The van der Waals surface area contributed by atoms with Gasteiger partial charge in [0.1, 0.15) is 5.76 Å². The summed E-state index contributed by atoms with van der Waals surface area (Å²) in [5.74, 6) is -1.80. The van der Waals surface area contributed by atoms with Crippen LogP contribution >= 0.6 is 0 Å². The fourth-order valence-corrected chi connectivity index (χ4v) is 3.33. The molecule has 0 amide bonds. The summed E-state index contributed by atoms with van der Waals surface area (Å²) in [4.78, 5) is 25.8. The molecule has 1 rings (SSSR count). The Morgan fingerprint density at radius 3 is 2.15 bits per heavy atom. The van der Waals surface area contributed by atoms with Crippen molar-refractivity contribution < 1.29 is 19.8 Å². The number of carbonyl (C=O) groups is 2. The number of carbonyl (C=O) groups excluding carboxylic acids is 2. The van der Waals surface area contributed by atoms with Gasteiger partial charge in [0.05, 0.1) is 17.2 Å². The summed E-state index contributed by atoms with van der Waals surface area (Å²) in [6.07, 6.45) is 2.32. The zero-order valence-corrected chi connectivity index (χ0v) is 17.1. The molecule has 1 aliphatic carbocycles. The molecule has 1 saturated carbocycles. The zero-order valence-electron chi connectivity index (χ0n) is 17.1. The van der Waals surface area contributed by atoms with Gasteiger partial charge in [-0.2, -0.15) is 0 Å². The summed E-state index contributed by atoms with van der Waals surface area (Å²) >= 11 is 0. The molecule has 148 valence electrons. The number of rotatable bonds is 9. The molecule has 0 spiro atoms. The van der Waals surface area contributed by atoms with E-state index in [1.807, 2.05) is 34.6 Å². The highest BCUT2D eigenvalue weighted by Gasteiger charge is 2.59. The average molecular weight is 366 g/mol. The zero-order chi connectivity index (χ0) is 20.2. The lowest BCUT2D eigenvalue weighted by Crippen LogP contribution is -2.49. The van der Waals surface area contributed by atoms with E-state index in [0.29, 0.717) is 31.6 Å². The number of Topliss-reactive ketones (excluding diaryl/α,β-unsaturated/α-hetero) is 2. The second-order valence-corrected chi connectivity index (χ2v) is 8.45. The summed E-state index contributed by atoms with van der Waals surface area (Å²) in [6.45, 7) is 11.6. The molecule has 1 unspecified atom stereocenters. The van der Waals surface area contributed by atoms with E-state index in [0.717, 1.165) is 0 Å². The Morgan fingerprint density at radius 1 is 1.15 bits per heavy atom. The second kappa shape index (κ2) is 8.94. The minimum Gasteiger partial charge on any atom is -0.511 e. The van der Waals surface area contributed by atoms with Crippen molar-refractivity contribution in [3.8, 4) is 0 Å². The van der Waals surface area contributed by atoms with Gasteiger partial charge in [0.15, 0.2) is 17.2 Å². The first kappa shape index (κ1) is 22.6. The Balaban J connectivity index is 3.35. The van der Waals surface area contributed by atoms with Crippen LogP contribution in [0.1, 0.15) is 73.6 Å². The Labute approximate surface area is 157 Å². The minimum atomic E-state index is -2.11. The summed E-state index contributed by atoms with van der Waals surface area (Å²) < 4.78 is 0.